The maximum atomic E-state index is 11.9. The SMILES string of the molecule is Cc1nc(C(=O)Nc2ccc(S(N)(=O)=O)c(Cl)c2)cs1. The summed E-state index contributed by atoms with van der Waals surface area (Å²) in [6.07, 6.45) is 0. The van der Waals surface area contributed by atoms with Crippen LogP contribution in [-0.4, -0.2) is 19.3 Å². The maximum absolute atomic E-state index is 11.9. The fraction of sp³-hybridized carbons (Fsp3) is 0.0909. The van der Waals surface area contributed by atoms with Crippen molar-refractivity contribution in [2.24, 2.45) is 5.14 Å². The highest BCUT2D eigenvalue weighted by Gasteiger charge is 2.15. The Kier molecular flexibility index (Phi) is 4.09. The molecule has 0 atom stereocenters. The van der Waals surface area contributed by atoms with Crippen LogP contribution in [0.15, 0.2) is 28.5 Å². The summed E-state index contributed by atoms with van der Waals surface area (Å²) >= 11 is 7.18. The fourth-order valence-electron chi connectivity index (χ4n) is 1.47. The lowest BCUT2D eigenvalue weighted by Gasteiger charge is -2.06. The van der Waals surface area contributed by atoms with Crippen molar-refractivity contribution < 1.29 is 13.2 Å². The molecule has 0 aliphatic heterocycles. The van der Waals surface area contributed by atoms with Crippen molar-refractivity contribution in [2.45, 2.75) is 11.8 Å². The number of anilines is 1. The van der Waals surface area contributed by atoms with E-state index in [1.807, 2.05) is 0 Å². The van der Waals surface area contributed by atoms with Crippen LogP contribution < -0.4 is 10.5 Å². The van der Waals surface area contributed by atoms with Crippen molar-refractivity contribution in [2.75, 3.05) is 5.32 Å². The number of primary sulfonamides is 1. The van der Waals surface area contributed by atoms with E-state index < -0.39 is 15.9 Å². The molecule has 0 saturated heterocycles. The van der Waals surface area contributed by atoms with E-state index in [0.29, 0.717) is 11.4 Å². The number of sulfonamides is 1. The first kappa shape index (κ1) is 14.9. The molecule has 20 heavy (non-hydrogen) atoms. The first-order valence-corrected chi connectivity index (χ1v) is 8.13. The van der Waals surface area contributed by atoms with Gasteiger partial charge in [-0.2, -0.15) is 0 Å². The van der Waals surface area contributed by atoms with Crippen molar-refractivity contribution >= 4 is 44.6 Å². The molecule has 6 nitrogen and oxygen atoms in total. The van der Waals surface area contributed by atoms with Crippen LogP contribution in [-0.2, 0) is 10.0 Å². The average Bonchev–Trinajstić information content (AvgIpc) is 2.74. The number of rotatable bonds is 3. The van der Waals surface area contributed by atoms with Gasteiger partial charge in [0.25, 0.3) is 5.91 Å². The number of carbonyl (C=O) groups excluding carboxylic acids is 1. The number of thiazole rings is 1. The number of hydrogen-bond acceptors (Lipinski definition) is 5. The third-order valence-electron chi connectivity index (χ3n) is 2.35. The Morgan fingerprint density at radius 2 is 2.15 bits per heavy atom. The van der Waals surface area contributed by atoms with Gasteiger partial charge >= 0.3 is 0 Å². The highest BCUT2D eigenvalue weighted by atomic mass is 35.5. The van der Waals surface area contributed by atoms with Crippen LogP contribution in [0.5, 0.6) is 0 Å². The van der Waals surface area contributed by atoms with E-state index in [4.69, 9.17) is 16.7 Å². The molecular formula is C11H10ClN3O3S2. The molecule has 9 heteroatoms. The van der Waals surface area contributed by atoms with Gasteiger partial charge in [0.2, 0.25) is 10.0 Å². The fourth-order valence-corrected chi connectivity index (χ4v) is 3.16. The molecule has 0 radical (unpaired) electrons. The molecule has 3 N–H and O–H groups in total. The molecule has 0 bridgehead atoms. The Hall–Kier alpha value is -1.48. The minimum Gasteiger partial charge on any atom is -0.321 e. The van der Waals surface area contributed by atoms with Crippen LogP contribution in [0.4, 0.5) is 5.69 Å². The molecule has 1 aromatic carbocycles. The quantitative estimate of drug-likeness (QED) is 0.897. The molecule has 0 aliphatic rings. The molecule has 0 saturated carbocycles. The molecule has 106 valence electrons. The van der Waals surface area contributed by atoms with Crippen LogP contribution in [0.1, 0.15) is 15.5 Å². The summed E-state index contributed by atoms with van der Waals surface area (Å²) in [4.78, 5) is 15.7. The number of hydrogen-bond donors (Lipinski definition) is 2. The Morgan fingerprint density at radius 3 is 2.65 bits per heavy atom. The van der Waals surface area contributed by atoms with Crippen molar-refractivity contribution in [1.82, 2.24) is 4.98 Å². The van der Waals surface area contributed by atoms with Crippen LogP contribution >= 0.6 is 22.9 Å². The second kappa shape index (κ2) is 5.49. The van der Waals surface area contributed by atoms with Crippen molar-refractivity contribution in [3.05, 3.63) is 39.3 Å². The zero-order valence-electron chi connectivity index (χ0n) is 10.3. The zero-order chi connectivity index (χ0) is 14.9. The molecule has 0 spiro atoms. The summed E-state index contributed by atoms with van der Waals surface area (Å²) in [5.74, 6) is -0.395. The lowest BCUT2D eigenvalue weighted by Crippen LogP contribution is -2.14. The van der Waals surface area contributed by atoms with Crippen LogP contribution in [0.2, 0.25) is 5.02 Å². The number of benzene rings is 1. The second-order valence-corrected chi connectivity index (χ2v) is 6.90. The van der Waals surface area contributed by atoms with Gasteiger partial charge in [0.1, 0.15) is 10.6 Å². The molecular weight excluding hydrogens is 322 g/mol. The molecule has 2 aromatic rings. The number of amides is 1. The smallest absolute Gasteiger partial charge is 0.275 e. The largest absolute Gasteiger partial charge is 0.321 e. The van der Waals surface area contributed by atoms with Gasteiger partial charge in [-0.15, -0.1) is 11.3 Å². The molecule has 2 rings (SSSR count). The van der Waals surface area contributed by atoms with E-state index in [1.165, 1.54) is 29.5 Å². The van der Waals surface area contributed by atoms with Crippen LogP contribution in [0, 0.1) is 6.92 Å². The Labute approximate surface area is 124 Å². The van der Waals surface area contributed by atoms with E-state index in [-0.39, 0.29) is 9.92 Å². The van der Waals surface area contributed by atoms with E-state index in [9.17, 15) is 13.2 Å². The number of halogens is 1. The first-order chi connectivity index (χ1) is 9.27. The van der Waals surface area contributed by atoms with Gasteiger partial charge in [-0.25, -0.2) is 18.5 Å². The van der Waals surface area contributed by atoms with Gasteiger partial charge in [0.05, 0.1) is 10.0 Å². The van der Waals surface area contributed by atoms with Gasteiger partial charge in [0.15, 0.2) is 0 Å². The average molecular weight is 332 g/mol. The topological polar surface area (TPSA) is 102 Å². The number of nitrogens with zero attached hydrogens (tertiary/aromatic N) is 1. The van der Waals surface area contributed by atoms with Gasteiger partial charge in [-0.05, 0) is 25.1 Å². The summed E-state index contributed by atoms with van der Waals surface area (Å²) in [7, 11) is -3.88. The molecule has 1 amide bonds. The molecule has 0 aliphatic carbocycles. The minimum atomic E-state index is -3.88. The zero-order valence-corrected chi connectivity index (χ0v) is 12.6. The summed E-state index contributed by atoms with van der Waals surface area (Å²) in [5.41, 5.74) is 0.650. The monoisotopic (exact) mass is 331 g/mol. The summed E-state index contributed by atoms with van der Waals surface area (Å²) in [6.45, 7) is 1.79. The molecule has 0 fully saturated rings. The Balaban J connectivity index is 2.23. The number of carbonyl (C=O) groups is 1. The summed E-state index contributed by atoms with van der Waals surface area (Å²) in [6, 6.07) is 3.96. The normalized spacial score (nSPS) is 11.3. The second-order valence-electron chi connectivity index (χ2n) is 3.90. The number of nitrogens with two attached hydrogens (primary N) is 1. The van der Waals surface area contributed by atoms with Gasteiger partial charge < -0.3 is 5.32 Å². The van der Waals surface area contributed by atoms with Gasteiger partial charge in [-0.3, -0.25) is 4.79 Å². The number of aromatic nitrogens is 1. The molecule has 1 heterocycles. The van der Waals surface area contributed by atoms with Gasteiger partial charge in [-0.1, -0.05) is 11.6 Å². The van der Waals surface area contributed by atoms with Crippen molar-refractivity contribution in [3.63, 3.8) is 0 Å². The predicted octanol–water partition coefficient (Wildman–Crippen LogP) is 2.00. The van der Waals surface area contributed by atoms with E-state index in [1.54, 1.807) is 12.3 Å². The van der Waals surface area contributed by atoms with E-state index in [2.05, 4.69) is 10.3 Å². The Morgan fingerprint density at radius 1 is 1.45 bits per heavy atom. The maximum Gasteiger partial charge on any atom is 0.275 e. The van der Waals surface area contributed by atoms with Crippen molar-refractivity contribution in [1.29, 1.82) is 0 Å². The predicted molar refractivity (Wildman–Crippen MR) is 77.6 cm³/mol. The minimum absolute atomic E-state index is 0.0558. The van der Waals surface area contributed by atoms with Crippen LogP contribution in [0.25, 0.3) is 0 Å². The first-order valence-electron chi connectivity index (χ1n) is 5.33. The van der Waals surface area contributed by atoms with E-state index >= 15 is 0 Å². The lowest BCUT2D eigenvalue weighted by atomic mass is 10.3. The molecule has 1 aromatic heterocycles. The molecule has 0 unspecified atom stereocenters. The standard InChI is InChI=1S/C11H10ClN3O3S2/c1-6-14-9(5-19-6)11(16)15-7-2-3-10(8(12)4-7)20(13,17)18/h2-5H,1H3,(H,15,16)(H2,13,17,18). The Bertz CT molecular complexity index is 771. The summed E-state index contributed by atoms with van der Waals surface area (Å²) < 4.78 is 22.4. The third kappa shape index (κ3) is 3.34. The summed E-state index contributed by atoms with van der Waals surface area (Å²) in [5, 5.41) is 9.92. The highest BCUT2D eigenvalue weighted by Crippen LogP contribution is 2.24. The van der Waals surface area contributed by atoms with Crippen molar-refractivity contribution in [3.8, 4) is 0 Å². The van der Waals surface area contributed by atoms with Gasteiger partial charge in [0, 0.05) is 11.1 Å². The lowest BCUT2D eigenvalue weighted by molar-refractivity contribution is 0.102. The highest BCUT2D eigenvalue weighted by molar-refractivity contribution is 7.89. The number of nitrogens with one attached hydrogen (secondary N) is 1. The third-order valence-corrected chi connectivity index (χ3v) is 4.52. The van der Waals surface area contributed by atoms with Crippen LogP contribution in [0.3, 0.4) is 0 Å². The van der Waals surface area contributed by atoms with E-state index in [0.717, 1.165) is 5.01 Å². The number of aryl methyl sites for hydroxylation is 1.